The summed E-state index contributed by atoms with van der Waals surface area (Å²) in [5, 5.41) is 6.61. The van der Waals surface area contributed by atoms with Crippen molar-refractivity contribution in [3.63, 3.8) is 0 Å². The molecule has 1 saturated carbocycles. The van der Waals surface area contributed by atoms with Crippen molar-refractivity contribution in [3.05, 3.63) is 16.6 Å². The van der Waals surface area contributed by atoms with Gasteiger partial charge in [0.1, 0.15) is 5.60 Å². The lowest BCUT2D eigenvalue weighted by Crippen LogP contribution is -2.70. The van der Waals surface area contributed by atoms with Crippen LogP contribution >= 0.6 is 11.3 Å². The number of amides is 1. The molecule has 1 aromatic rings. The average molecular weight is 339 g/mol. The fourth-order valence-corrected chi connectivity index (χ4v) is 3.99. The fraction of sp³-hybridized carbons (Fsp3) is 0.750. The zero-order chi connectivity index (χ0) is 16.6. The summed E-state index contributed by atoms with van der Waals surface area (Å²) in [4.78, 5) is 17.4. The Balaban J connectivity index is 1.62. The molecule has 1 saturated heterocycles. The van der Waals surface area contributed by atoms with Crippen LogP contribution in [0.3, 0.4) is 0 Å². The molecule has 0 bridgehead atoms. The van der Waals surface area contributed by atoms with E-state index < -0.39 is 5.60 Å². The van der Waals surface area contributed by atoms with Gasteiger partial charge in [0, 0.05) is 29.6 Å². The minimum atomic E-state index is -0.488. The number of aromatic nitrogens is 1. The van der Waals surface area contributed by atoms with Gasteiger partial charge in [-0.15, -0.1) is 11.3 Å². The number of carbonyl (C=O) groups excluding carboxylic acids is 1. The highest BCUT2D eigenvalue weighted by molar-refractivity contribution is 7.09. The van der Waals surface area contributed by atoms with Crippen molar-refractivity contribution >= 4 is 17.4 Å². The molecule has 0 radical (unpaired) electrons. The van der Waals surface area contributed by atoms with Crippen LogP contribution in [0.1, 0.15) is 45.0 Å². The van der Waals surface area contributed by atoms with Gasteiger partial charge >= 0.3 is 6.09 Å². The first-order valence-electron chi connectivity index (χ1n) is 8.11. The Labute approximate surface area is 141 Å². The molecule has 128 valence electrons. The van der Waals surface area contributed by atoms with Crippen LogP contribution < -0.4 is 10.6 Å². The maximum Gasteiger partial charge on any atom is 0.407 e. The van der Waals surface area contributed by atoms with Gasteiger partial charge in [-0.3, -0.25) is 4.98 Å². The summed E-state index contributed by atoms with van der Waals surface area (Å²) in [5.41, 5.74) is 1.35. The van der Waals surface area contributed by atoms with E-state index in [1.165, 1.54) is 4.88 Å². The van der Waals surface area contributed by atoms with Crippen molar-refractivity contribution in [1.82, 2.24) is 15.6 Å². The second kappa shape index (κ2) is 6.37. The molecule has 1 amide bonds. The van der Waals surface area contributed by atoms with Crippen molar-refractivity contribution in [2.75, 3.05) is 6.61 Å². The summed E-state index contributed by atoms with van der Waals surface area (Å²) in [6.45, 7) is 8.48. The van der Waals surface area contributed by atoms with Gasteiger partial charge in [0.2, 0.25) is 0 Å². The van der Waals surface area contributed by atoms with E-state index in [0.717, 1.165) is 13.0 Å². The second-order valence-corrected chi connectivity index (χ2v) is 8.20. The van der Waals surface area contributed by atoms with E-state index in [2.05, 4.69) is 22.5 Å². The van der Waals surface area contributed by atoms with Gasteiger partial charge in [-0.1, -0.05) is 0 Å². The van der Waals surface area contributed by atoms with Crippen LogP contribution in [0.5, 0.6) is 0 Å². The van der Waals surface area contributed by atoms with Gasteiger partial charge in [-0.25, -0.2) is 4.79 Å². The second-order valence-electron chi connectivity index (χ2n) is 7.28. The Hall–Kier alpha value is -1.18. The number of thiazole rings is 1. The van der Waals surface area contributed by atoms with Gasteiger partial charge in [-0.2, -0.15) is 0 Å². The van der Waals surface area contributed by atoms with E-state index in [1.807, 2.05) is 32.5 Å². The Kier molecular flexibility index (Phi) is 4.62. The minimum absolute atomic E-state index is 0.0488. The number of alkyl carbamates (subject to hydrolysis) is 1. The molecule has 2 aliphatic rings. The predicted octanol–water partition coefficient (Wildman–Crippen LogP) is 2.47. The SMILES string of the molecule is CC(NC1C(NC(=O)OC(C)(C)C)C2CCOC21)c1cncs1. The largest absolute Gasteiger partial charge is 0.444 e. The molecule has 3 rings (SSSR count). The van der Waals surface area contributed by atoms with Gasteiger partial charge in [0.15, 0.2) is 0 Å². The lowest BCUT2D eigenvalue weighted by molar-refractivity contribution is -0.0370. The van der Waals surface area contributed by atoms with Crippen LogP contribution in [-0.2, 0) is 9.47 Å². The van der Waals surface area contributed by atoms with Gasteiger partial charge < -0.3 is 20.1 Å². The highest BCUT2D eigenvalue weighted by atomic mass is 32.1. The topological polar surface area (TPSA) is 72.5 Å². The van der Waals surface area contributed by atoms with Crippen molar-refractivity contribution in [1.29, 1.82) is 0 Å². The third kappa shape index (κ3) is 3.67. The van der Waals surface area contributed by atoms with E-state index in [0.29, 0.717) is 5.92 Å². The number of nitrogens with one attached hydrogen (secondary N) is 2. The molecule has 2 heterocycles. The molecule has 1 aliphatic heterocycles. The number of rotatable bonds is 4. The quantitative estimate of drug-likeness (QED) is 0.882. The summed E-state index contributed by atoms with van der Waals surface area (Å²) >= 11 is 1.63. The molecule has 5 atom stereocenters. The van der Waals surface area contributed by atoms with Crippen molar-refractivity contribution < 1.29 is 14.3 Å². The van der Waals surface area contributed by atoms with E-state index in [1.54, 1.807) is 11.3 Å². The molecule has 6 nitrogen and oxygen atoms in total. The Morgan fingerprint density at radius 3 is 2.91 bits per heavy atom. The maximum absolute atomic E-state index is 12.1. The zero-order valence-electron chi connectivity index (χ0n) is 14.0. The van der Waals surface area contributed by atoms with Crippen LogP contribution in [-0.4, -0.2) is 41.5 Å². The van der Waals surface area contributed by atoms with E-state index in [-0.39, 0.29) is 30.3 Å². The molecule has 1 aliphatic carbocycles. The van der Waals surface area contributed by atoms with Crippen LogP contribution in [0.4, 0.5) is 4.79 Å². The molecule has 2 fully saturated rings. The molecular weight excluding hydrogens is 314 g/mol. The van der Waals surface area contributed by atoms with Crippen molar-refractivity contribution in [3.8, 4) is 0 Å². The minimum Gasteiger partial charge on any atom is -0.444 e. The van der Waals surface area contributed by atoms with E-state index in [4.69, 9.17) is 9.47 Å². The summed E-state index contributed by atoms with van der Waals surface area (Å²) in [6.07, 6.45) is 2.68. The van der Waals surface area contributed by atoms with Gasteiger partial charge in [0.05, 0.1) is 23.7 Å². The normalized spacial score (nSPS) is 31.1. The van der Waals surface area contributed by atoms with Gasteiger partial charge in [-0.05, 0) is 34.1 Å². The number of carbonyl (C=O) groups is 1. The molecule has 7 heteroatoms. The average Bonchev–Trinajstić information content (AvgIpc) is 3.10. The Morgan fingerprint density at radius 2 is 2.26 bits per heavy atom. The van der Waals surface area contributed by atoms with Crippen molar-refractivity contribution in [2.45, 2.75) is 63.9 Å². The Bertz CT molecular complexity index is 543. The van der Waals surface area contributed by atoms with Crippen LogP contribution in [0.15, 0.2) is 11.7 Å². The summed E-state index contributed by atoms with van der Waals surface area (Å²) in [7, 11) is 0. The standard InChI is InChI=1S/C16H25N3O3S/c1-9(11-7-17-8-23-11)18-13-12(10-5-6-21-14(10)13)19-15(20)22-16(2,3)4/h7-10,12-14,18H,5-6H2,1-4H3,(H,19,20). The van der Waals surface area contributed by atoms with Gasteiger partial charge in [0.25, 0.3) is 0 Å². The van der Waals surface area contributed by atoms with Crippen LogP contribution in [0.2, 0.25) is 0 Å². The molecule has 23 heavy (non-hydrogen) atoms. The first kappa shape index (κ1) is 16.7. The number of hydrogen-bond donors (Lipinski definition) is 2. The molecule has 5 unspecified atom stereocenters. The van der Waals surface area contributed by atoms with Crippen molar-refractivity contribution in [2.24, 2.45) is 5.92 Å². The molecular formula is C16H25N3O3S. The summed E-state index contributed by atoms with van der Waals surface area (Å²) in [5.74, 6) is 0.369. The number of nitrogens with zero attached hydrogens (tertiary/aromatic N) is 1. The van der Waals surface area contributed by atoms with E-state index in [9.17, 15) is 4.79 Å². The highest BCUT2D eigenvalue weighted by Crippen LogP contribution is 2.40. The third-order valence-electron chi connectivity index (χ3n) is 4.39. The van der Waals surface area contributed by atoms with E-state index >= 15 is 0 Å². The molecule has 1 aromatic heterocycles. The smallest absolute Gasteiger partial charge is 0.407 e. The fourth-order valence-electron chi connectivity index (χ4n) is 3.36. The molecule has 0 spiro atoms. The molecule has 2 N–H and O–H groups in total. The number of hydrogen-bond acceptors (Lipinski definition) is 6. The summed E-state index contributed by atoms with van der Waals surface area (Å²) in [6, 6.07) is 0.334. The Morgan fingerprint density at radius 1 is 1.48 bits per heavy atom. The first-order valence-corrected chi connectivity index (χ1v) is 8.98. The zero-order valence-corrected chi connectivity index (χ0v) is 14.9. The lowest BCUT2D eigenvalue weighted by atomic mass is 9.71. The first-order chi connectivity index (χ1) is 10.8. The highest BCUT2D eigenvalue weighted by Gasteiger charge is 2.55. The third-order valence-corrected chi connectivity index (χ3v) is 5.35. The van der Waals surface area contributed by atoms with Crippen LogP contribution in [0.25, 0.3) is 0 Å². The summed E-state index contributed by atoms with van der Waals surface area (Å²) < 4.78 is 11.2. The number of fused-ring (bicyclic) bond motifs is 1. The predicted molar refractivity (Wildman–Crippen MR) is 88.5 cm³/mol. The molecule has 0 aromatic carbocycles. The maximum atomic E-state index is 12.1. The van der Waals surface area contributed by atoms with Crippen LogP contribution in [0, 0.1) is 5.92 Å². The number of ether oxygens (including phenoxy) is 2. The monoisotopic (exact) mass is 339 g/mol. The lowest BCUT2D eigenvalue weighted by Gasteiger charge is -2.48.